The highest BCUT2D eigenvalue weighted by molar-refractivity contribution is 5.34. The number of rotatable bonds is 1. The average molecular weight is 175 g/mol. The van der Waals surface area contributed by atoms with E-state index in [1.54, 1.807) is 0 Å². The summed E-state index contributed by atoms with van der Waals surface area (Å²) in [6.45, 7) is 2.54. The zero-order chi connectivity index (χ0) is 8.73. The molecule has 1 N–H and O–H groups in total. The Morgan fingerprint density at radius 1 is 1.31 bits per heavy atom. The molecule has 2 aliphatic carbocycles. The Labute approximate surface area is 79.9 Å². The van der Waals surface area contributed by atoms with Gasteiger partial charge in [-0.1, -0.05) is 0 Å². The molecule has 1 spiro atoms. The normalized spacial score (nSPS) is 42.5. The average Bonchev–Trinajstić information content (AvgIpc) is 2.91. The lowest BCUT2D eigenvalue weighted by atomic mass is 9.69. The van der Waals surface area contributed by atoms with Gasteiger partial charge in [0.2, 0.25) is 0 Å². The van der Waals surface area contributed by atoms with Crippen LogP contribution >= 0.6 is 0 Å². The van der Waals surface area contributed by atoms with Crippen LogP contribution in [0.25, 0.3) is 0 Å². The monoisotopic (exact) mass is 175 g/mol. The van der Waals surface area contributed by atoms with Crippen molar-refractivity contribution in [2.75, 3.05) is 13.1 Å². The van der Waals surface area contributed by atoms with Gasteiger partial charge in [0.15, 0.2) is 0 Å². The van der Waals surface area contributed by atoms with Gasteiger partial charge < -0.3 is 5.32 Å². The topological polar surface area (TPSA) is 12.0 Å². The summed E-state index contributed by atoms with van der Waals surface area (Å²) in [6.07, 6.45) is 9.33. The fourth-order valence-corrected chi connectivity index (χ4v) is 3.04. The van der Waals surface area contributed by atoms with Crippen molar-refractivity contribution in [2.45, 2.75) is 32.1 Å². The fourth-order valence-electron chi connectivity index (χ4n) is 3.04. The SMILES string of the molecule is C1=CC=1C1CCC2(CCNC2)CC1. The highest BCUT2D eigenvalue weighted by Gasteiger charge is 2.38. The summed E-state index contributed by atoms with van der Waals surface area (Å²) in [5.41, 5.74) is 5.49. The summed E-state index contributed by atoms with van der Waals surface area (Å²) in [6, 6.07) is 0. The number of hydrogen-bond acceptors (Lipinski definition) is 1. The molecule has 0 aromatic heterocycles. The van der Waals surface area contributed by atoms with Crippen molar-refractivity contribution in [3.05, 3.63) is 17.4 Å². The predicted octanol–water partition coefficient (Wildman–Crippen LogP) is 2.25. The molecule has 70 valence electrons. The lowest BCUT2D eigenvalue weighted by Crippen LogP contribution is -2.29. The van der Waals surface area contributed by atoms with E-state index >= 15 is 0 Å². The Morgan fingerprint density at radius 2 is 2.08 bits per heavy atom. The van der Waals surface area contributed by atoms with E-state index in [2.05, 4.69) is 17.1 Å². The van der Waals surface area contributed by atoms with Crippen molar-refractivity contribution in [1.82, 2.24) is 5.32 Å². The first-order valence-corrected chi connectivity index (χ1v) is 5.55. The second-order valence-electron chi connectivity index (χ2n) is 4.95. The fraction of sp³-hybridized carbons (Fsp3) is 0.750. The maximum absolute atomic E-state index is 3.51. The molecule has 0 unspecified atom stereocenters. The van der Waals surface area contributed by atoms with E-state index in [-0.39, 0.29) is 0 Å². The molecular weight excluding hydrogens is 158 g/mol. The van der Waals surface area contributed by atoms with Gasteiger partial charge in [0.05, 0.1) is 0 Å². The Bertz CT molecular complexity index is 267. The molecule has 0 atom stereocenters. The van der Waals surface area contributed by atoms with Crippen LogP contribution in [-0.2, 0) is 0 Å². The minimum Gasteiger partial charge on any atom is -0.316 e. The molecule has 13 heavy (non-hydrogen) atoms. The standard InChI is InChI=1S/C12H17N/c1-2-10(1)11-3-5-12(6-4-11)7-8-13-9-12/h1,11,13H,3-9H2. The molecule has 1 nitrogen and oxygen atoms in total. The van der Waals surface area contributed by atoms with Crippen LogP contribution in [0, 0.1) is 11.3 Å². The molecule has 3 rings (SSSR count). The molecule has 1 saturated carbocycles. The minimum absolute atomic E-state index is 0.700. The van der Waals surface area contributed by atoms with Crippen molar-refractivity contribution in [1.29, 1.82) is 0 Å². The van der Waals surface area contributed by atoms with Crippen molar-refractivity contribution >= 4 is 0 Å². The van der Waals surface area contributed by atoms with Gasteiger partial charge in [-0.3, -0.25) is 0 Å². The van der Waals surface area contributed by atoms with Crippen LogP contribution in [-0.4, -0.2) is 13.1 Å². The summed E-state index contributed by atoms with van der Waals surface area (Å²) < 4.78 is 0. The molecule has 0 radical (unpaired) electrons. The van der Waals surface area contributed by atoms with E-state index in [0.29, 0.717) is 5.41 Å². The molecule has 0 aromatic carbocycles. The summed E-state index contributed by atoms with van der Waals surface area (Å²) in [4.78, 5) is 0. The molecule has 0 amide bonds. The number of allylic oxidation sites excluding steroid dienone is 1. The van der Waals surface area contributed by atoms with E-state index in [1.165, 1.54) is 50.8 Å². The first-order valence-electron chi connectivity index (χ1n) is 5.55. The zero-order valence-electron chi connectivity index (χ0n) is 8.10. The van der Waals surface area contributed by atoms with Crippen LogP contribution < -0.4 is 5.32 Å². The molecule has 2 fully saturated rings. The van der Waals surface area contributed by atoms with Crippen LogP contribution in [0.5, 0.6) is 0 Å². The van der Waals surface area contributed by atoms with Crippen LogP contribution in [0.3, 0.4) is 0 Å². The number of nitrogens with one attached hydrogen (secondary N) is 1. The van der Waals surface area contributed by atoms with Crippen LogP contribution in [0.1, 0.15) is 32.1 Å². The minimum atomic E-state index is 0.700. The summed E-state index contributed by atoms with van der Waals surface area (Å²) >= 11 is 0. The first-order chi connectivity index (χ1) is 6.38. The lowest BCUT2D eigenvalue weighted by Gasteiger charge is -2.35. The molecular formula is C12H17N. The lowest BCUT2D eigenvalue weighted by molar-refractivity contribution is 0.187. The Balaban J connectivity index is 1.62. The van der Waals surface area contributed by atoms with Gasteiger partial charge in [0, 0.05) is 12.1 Å². The van der Waals surface area contributed by atoms with Crippen molar-refractivity contribution in [3.63, 3.8) is 0 Å². The van der Waals surface area contributed by atoms with Gasteiger partial charge in [-0.25, -0.2) is 0 Å². The summed E-state index contributed by atoms with van der Waals surface area (Å²) in [7, 11) is 0. The highest BCUT2D eigenvalue weighted by Crippen LogP contribution is 2.45. The molecule has 0 bridgehead atoms. The van der Waals surface area contributed by atoms with Crippen LogP contribution in [0.2, 0.25) is 0 Å². The molecule has 3 aliphatic rings. The zero-order valence-corrected chi connectivity index (χ0v) is 8.10. The van der Waals surface area contributed by atoms with Gasteiger partial charge in [0.25, 0.3) is 0 Å². The third-order valence-corrected chi connectivity index (χ3v) is 4.13. The van der Waals surface area contributed by atoms with E-state index in [4.69, 9.17) is 0 Å². The molecule has 1 heteroatoms. The van der Waals surface area contributed by atoms with Gasteiger partial charge in [-0.2, -0.15) is 0 Å². The Kier molecular flexibility index (Phi) is 1.65. The number of hydrogen-bond donors (Lipinski definition) is 1. The third-order valence-electron chi connectivity index (χ3n) is 4.13. The maximum atomic E-state index is 3.51. The van der Waals surface area contributed by atoms with Crippen LogP contribution in [0.15, 0.2) is 17.4 Å². The Morgan fingerprint density at radius 3 is 2.62 bits per heavy atom. The van der Waals surface area contributed by atoms with Crippen molar-refractivity contribution in [3.8, 4) is 0 Å². The predicted molar refractivity (Wildman–Crippen MR) is 53.5 cm³/mol. The van der Waals surface area contributed by atoms with E-state index < -0.39 is 0 Å². The van der Waals surface area contributed by atoms with Crippen molar-refractivity contribution in [2.24, 2.45) is 11.3 Å². The van der Waals surface area contributed by atoms with E-state index in [9.17, 15) is 0 Å². The van der Waals surface area contributed by atoms with Crippen molar-refractivity contribution < 1.29 is 0 Å². The molecule has 1 aliphatic heterocycles. The van der Waals surface area contributed by atoms with E-state index in [1.807, 2.05) is 0 Å². The second kappa shape index (κ2) is 2.73. The molecule has 1 heterocycles. The molecule has 1 saturated heterocycles. The van der Waals surface area contributed by atoms with Gasteiger partial charge in [-0.15, -0.1) is 5.73 Å². The largest absolute Gasteiger partial charge is 0.316 e. The first kappa shape index (κ1) is 7.84. The smallest absolute Gasteiger partial charge is 0.00481 e. The van der Waals surface area contributed by atoms with E-state index in [0.717, 1.165) is 5.92 Å². The maximum Gasteiger partial charge on any atom is 0.00481 e. The second-order valence-corrected chi connectivity index (χ2v) is 4.95. The Hall–Kier alpha value is -0.520. The van der Waals surface area contributed by atoms with Crippen LogP contribution in [0.4, 0.5) is 0 Å². The quantitative estimate of drug-likeness (QED) is 0.603. The summed E-state index contributed by atoms with van der Waals surface area (Å²) in [5, 5.41) is 3.51. The van der Waals surface area contributed by atoms with Gasteiger partial charge in [-0.05, 0) is 56.1 Å². The highest BCUT2D eigenvalue weighted by atomic mass is 14.9. The third kappa shape index (κ3) is 1.37. The summed E-state index contributed by atoms with van der Waals surface area (Å²) in [5.74, 6) is 0.881. The molecule has 0 aromatic rings. The van der Waals surface area contributed by atoms with Gasteiger partial charge >= 0.3 is 0 Å². The van der Waals surface area contributed by atoms with Gasteiger partial charge in [0.1, 0.15) is 0 Å².